The molecule has 0 heterocycles. The molecule has 0 heteroatoms. The van der Waals surface area contributed by atoms with Gasteiger partial charge in [-0.2, -0.15) is 0 Å². The van der Waals surface area contributed by atoms with Crippen LogP contribution in [0.3, 0.4) is 0 Å². The van der Waals surface area contributed by atoms with Crippen LogP contribution in [0.4, 0.5) is 0 Å². The van der Waals surface area contributed by atoms with Gasteiger partial charge in [-0.25, -0.2) is 0 Å². The van der Waals surface area contributed by atoms with Crippen molar-refractivity contribution < 1.29 is 0 Å². The summed E-state index contributed by atoms with van der Waals surface area (Å²) in [5.74, 6) is 0. The van der Waals surface area contributed by atoms with Crippen LogP contribution in [0.1, 0.15) is 41.7 Å². The van der Waals surface area contributed by atoms with Crippen LogP contribution in [0.15, 0.2) is 12.6 Å². The summed E-state index contributed by atoms with van der Waals surface area (Å²) in [5.41, 5.74) is 7.73. The molecule has 0 nitrogen and oxygen atoms in total. The summed E-state index contributed by atoms with van der Waals surface area (Å²) >= 11 is 0. The van der Waals surface area contributed by atoms with Gasteiger partial charge in [0.2, 0.25) is 0 Å². The third-order valence-electron chi connectivity index (χ3n) is 3.59. The van der Waals surface area contributed by atoms with Crippen LogP contribution >= 0.6 is 0 Å². The Morgan fingerprint density at radius 1 is 1.27 bits per heavy atom. The molecule has 80 valence electrons. The molecule has 0 aromatic heterocycles. The van der Waals surface area contributed by atoms with Crippen LogP contribution < -0.4 is 0 Å². The Balaban J connectivity index is 2.62. The Labute approximate surface area is 93.0 Å². The van der Waals surface area contributed by atoms with E-state index in [9.17, 15) is 0 Å². The fourth-order valence-electron chi connectivity index (χ4n) is 2.90. The van der Waals surface area contributed by atoms with Crippen LogP contribution in [0, 0.1) is 19.3 Å². The van der Waals surface area contributed by atoms with Crippen molar-refractivity contribution in [1.29, 1.82) is 0 Å². The van der Waals surface area contributed by atoms with Gasteiger partial charge in [-0.1, -0.05) is 32.6 Å². The highest BCUT2D eigenvalue weighted by atomic mass is 14.3. The predicted octanol–water partition coefficient (Wildman–Crippen LogP) is 4.07. The van der Waals surface area contributed by atoms with Crippen LogP contribution in [-0.2, 0) is 12.8 Å². The molecule has 0 saturated carbocycles. The Hall–Kier alpha value is -1.04. The van der Waals surface area contributed by atoms with E-state index in [1.807, 2.05) is 6.08 Å². The van der Waals surface area contributed by atoms with Crippen molar-refractivity contribution in [3.63, 3.8) is 0 Å². The number of hydrogen-bond acceptors (Lipinski definition) is 0. The molecule has 0 atom stereocenters. The van der Waals surface area contributed by atoms with Gasteiger partial charge in [-0.3, -0.25) is 0 Å². The van der Waals surface area contributed by atoms with Crippen LogP contribution in [0.2, 0.25) is 0 Å². The monoisotopic (exact) mass is 200 g/mol. The summed E-state index contributed by atoms with van der Waals surface area (Å²) in [6.07, 6.45) is 4.44. The SMILES string of the molecule is C=Cc1c(C)cc2c(c1C)CC(C)(C)C2. The lowest BCUT2D eigenvalue weighted by Gasteiger charge is -2.15. The zero-order valence-electron chi connectivity index (χ0n) is 10.3. The summed E-state index contributed by atoms with van der Waals surface area (Å²) in [6.45, 7) is 13.1. The first-order chi connectivity index (χ1) is 6.94. The molecule has 0 bridgehead atoms. The van der Waals surface area contributed by atoms with Gasteiger partial charge in [0, 0.05) is 0 Å². The fraction of sp³-hybridized carbons (Fsp3) is 0.467. The maximum atomic E-state index is 3.91. The van der Waals surface area contributed by atoms with E-state index >= 15 is 0 Å². The number of benzene rings is 1. The molecular formula is C15H20. The minimum atomic E-state index is 0.444. The second-order valence-corrected chi connectivity index (χ2v) is 5.59. The van der Waals surface area contributed by atoms with Gasteiger partial charge in [0.1, 0.15) is 0 Å². The minimum absolute atomic E-state index is 0.444. The quantitative estimate of drug-likeness (QED) is 0.641. The first kappa shape index (κ1) is 10.5. The van der Waals surface area contributed by atoms with Crippen molar-refractivity contribution in [2.75, 3.05) is 0 Å². The normalized spacial score (nSPS) is 17.6. The summed E-state index contributed by atoms with van der Waals surface area (Å²) in [7, 11) is 0. The van der Waals surface area contributed by atoms with Crippen molar-refractivity contribution in [2.45, 2.75) is 40.5 Å². The third kappa shape index (κ3) is 1.62. The molecule has 0 fully saturated rings. The Morgan fingerprint density at radius 3 is 2.53 bits per heavy atom. The molecule has 15 heavy (non-hydrogen) atoms. The van der Waals surface area contributed by atoms with Crippen molar-refractivity contribution in [3.8, 4) is 0 Å². The second kappa shape index (κ2) is 3.23. The summed E-state index contributed by atoms with van der Waals surface area (Å²) in [6, 6.07) is 2.36. The number of fused-ring (bicyclic) bond motifs is 1. The van der Waals surface area contributed by atoms with Crippen molar-refractivity contribution in [1.82, 2.24) is 0 Å². The standard InChI is InChI=1S/C15H20/c1-6-13-10(2)7-12-8-15(4,5)9-14(12)11(13)3/h6-7H,1,8-9H2,2-5H3. The number of hydrogen-bond donors (Lipinski definition) is 0. The molecule has 1 aliphatic rings. The summed E-state index contributed by atoms with van der Waals surface area (Å²) < 4.78 is 0. The highest BCUT2D eigenvalue weighted by Crippen LogP contribution is 2.39. The highest BCUT2D eigenvalue weighted by Gasteiger charge is 2.30. The van der Waals surface area contributed by atoms with E-state index in [1.54, 1.807) is 11.1 Å². The topological polar surface area (TPSA) is 0 Å². The average Bonchev–Trinajstić information content (AvgIpc) is 2.41. The molecule has 0 saturated heterocycles. The molecule has 1 aromatic carbocycles. The fourth-order valence-corrected chi connectivity index (χ4v) is 2.90. The van der Waals surface area contributed by atoms with Gasteiger partial charge in [-0.05, 0) is 59.9 Å². The Morgan fingerprint density at radius 2 is 1.93 bits per heavy atom. The molecule has 0 unspecified atom stereocenters. The van der Waals surface area contributed by atoms with Crippen molar-refractivity contribution in [2.24, 2.45) is 5.41 Å². The van der Waals surface area contributed by atoms with Gasteiger partial charge in [0.25, 0.3) is 0 Å². The van der Waals surface area contributed by atoms with Crippen molar-refractivity contribution in [3.05, 3.63) is 40.5 Å². The molecule has 0 spiro atoms. The lowest BCUT2D eigenvalue weighted by atomic mass is 9.90. The first-order valence-electron chi connectivity index (χ1n) is 5.69. The Bertz CT molecular complexity index is 422. The molecule has 2 rings (SSSR count). The average molecular weight is 200 g/mol. The zero-order valence-corrected chi connectivity index (χ0v) is 10.3. The molecule has 0 aliphatic heterocycles. The maximum absolute atomic E-state index is 3.91. The summed E-state index contributed by atoms with van der Waals surface area (Å²) in [5, 5.41) is 0. The molecular weight excluding hydrogens is 180 g/mol. The van der Waals surface area contributed by atoms with Crippen LogP contribution in [0.5, 0.6) is 0 Å². The molecule has 0 amide bonds. The van der Waals surface area contributed by atoms with E-state index in [2.05, 4.69) is 40.3 Å². The second-order valence-electron chi connectivity index (χ2n) is 5.59. The minimum Gasteiger partial charge on any atom is -0.0985 e. The Kier molecular flexibility index (Phi) is 2.26. The lowest BCUT2D eigenvalue weighted by Crippen LogP contribution is -2.09. The van der Waals surface area contributed by atoms with Gasteiger partial charge < -0.3 is 0 Å². The van der Waals surface area contributed by atoms with E-state index in [4.69, 9.17) is 0 Å². The largest absolute Gasteiger partial charge is 0.0985 e. The van der Waals surface area contributed by atoms with E-state index in [0.29, 0.717) is 5.41 Å². The first-order valence-corrected chi connectivity index (χ1v) is 5.69. The van der Waals surface area contributed by atoms with Crippen LogP contribution in [0.25, 0.3) is 6.08 Å². The highest BCUT2D eigenvalue weighted by molar-refractivity contribution is 5.61. The van der Waals surface area contributed by atoms with E-state index < -0.39 is 0 Å². The van der Waals surface area contributed by atoms with E-state index in [0.717, 1.165) is 0 Å². The molecule has 0 N–H and O–H groups in total. The maximum Gasteiger partial charge on any atom is -0.0201 e. The number of aryl methyl sites for hydroxylation is 1. The van der Waals surface area contributed by atoms with Gasteiger partial charge in [0.05, 0.1) is 0 Å². The smallest absolute Gasteiger partial charge is 0.0201 e. The van der Waals surface area contributed by atoms with E-state index in [1.165, 1.54) is 29.5 Å². The molecule has 1 aromatic rings. The number of rotatable bonds is 1. The molecule has 1 aliphatic carbocycles. The molecule has 0 radical (unpaired) electrons. The lowest BCUT2D eigenvalue weighted by molar-refractivity contribution is 0.392. The van der Waals surface area contributed by atoms with Gasteiger partial charge in [0.15, 0.2) is 0 Å². The third-order valence-corrected chi connectivity index (χ3v) is 3.59. The van der Waals surface area contributed by atoms with Crippen molar-refractivity contribution >= 4 is 6.08 Å². The predicted molar refractivity (Wildman–Crippen MR) is 67.2 cm³/mol. The van der Waals surface area contributed by atoms with Gasteiger partial charge in [-0.15, -0.1) is 0 Å². The summed E-state index contributed by atoms with van der Waals surface area (Å²) in [4.78, 5) is 0. The van der Waals surface area contributed by atoms with Crippen LogP contribution in [-0.4, -0.2) is 0 Å². The van der Waals surface area contributed by atoms with E-state index in [-0.39, 0.29) is 0 Å². The van der Waals surface area contributed by atoms with Gasteiger partial charge >= 0.3 is 0 Å². The zero-order chi connectivity index (χ0) is 11.2.